The monoisotopic (exact) mass is 452 g/mol. The van der Waals surface area contributed by atoms with Gasteiger partial charge in [-0.1, -0.05) is 44.0 Å². The summed E-state index contributed by atoms with van der Waals surface area (Å²) in [5.41, 5.74) is 2.21. The lowest BCUT2D eigenvalue weighted by Gasteiger charge is -2.33. The molecule has 1 atom stereocenters. The molecule has 0 fully saturated rings. The standard InChI is InChI=1S/C25H23F3N4O/c1-2-3-4-21-16-31(15-18-7-5-17(14-29)6-8-18)24(33)23-13-22(30-32(21)23)19-9-11-20(12-10-19)25(26,27)28/h5-13,21H,2-4,15-16H2,1H3. The molecule has 1 aliphatic heterocycles. The number of halogens is 3. The number of nitriles is 1. The summed E-state index contributed by atoms with van der Waals surface area (Å²) >= 11 is 0. The SMILES string of the molecule is CCCCC1CN(Cc2ccc(C#N)cc2)C(=O)c2cc(-c3ccc(C(F)(F)F)cc3)nn21. The maximum atomic E-state index is 13.3. The Morgan fingerprint density at radius 1 is 1.12 bits per heavy atom. The van der Waals surface area contributed by atoms with Crippen LogP contribution in [0.5, 0.6) is 0 Å². The van der Waals surface area contributed by atoms with Gasteiger partial charge in [-0.25, -0.2) is 0 Å². The highest BCUT2D eigenvalue weighted by atomic mass is 19.4. The average molecular weight is 452 g/mol. The lowest BCUT2D eigenvalue weighted by molar-refractivity contribution is -0.137. The van der Waals surface area contributed by atoms with Crippen LogP contribution in [-0.2, 0) is 12.7 Å². The van der Waals surface area contributed by atoms with Crippen molar-refractivity contribution in [2.24, 2.45) is 0 Å². The second-order valence-corrected chi connectivity index (χ2v) is 8.22. The van der Waals surface area contributed by atoms with Crippen molar-refractivity contribution in [3.8, 4) is 17.3 Å². The Morgan fingerprint density at radius 3 is 2.42 bits per heavy atom. The summed E-state index contributed by atoms with van der Waals surface area (Å²) in [4.78, 5) is 15.0. The second kappa shape index (κ2) is 9.10. The number of aromatic nitrogens is 2. The molecular formula is C25H23F3N4O. The summed E-state index contributed by atoms with van der Waals surface area (Å²) in [6, 6.07) is 15.7. The summed E-state index contributed by atoms with van der Waals surface area (Å²) in [6.07, 6.45) is -1.59. The van der Waals surface area contributed by atoms with E-state index in [0.29, 0.717) is 35.6 Å². The van der Waals surface area contributed by atoms with Gasteiger partial charge in [0.1, 0.15) is 5.69 Å². The van der Waals surface area contributed by atoms with Gasteiger partial charge in [-0.3, -0.25) is 9.48 Å². The van der Waals surface area contributed by atoms with Crippen LogP contribution in [0.15, 0.2) is 54.6 Å². The van der Waals surface area contributed by atoms with Gasteiger partial charge < -0.3 is 4.90 Å². The Hall–Kier alpha value is -3.60. The number of carbonyl (C=O) groups is 1. The van der Waals surface area contributed by atoms with E-state index in [4.69, 9.17) is 5.26 Å². The van der Waals surface area contributed by atoms with Crippen LogP contribution in [0, 0.1) is 11.3 Å². The van der Waals surface area contributed by atoms with Gasteiger partial charge in [-0.15, -0.1) is 0 Å². The number of rotatable bonds is 6. The van der Waals surface area contributed by atoms with Crippen molar-refractivity contribution in [2.45, 2.75) is 44.9 Å². The van der Waals surface area contributed by atoms with Crippen molar-refractivity contribution in [3.63, 3.8) is 0 Å². The molecule has 0 spiro atoms. The Morgan fingerprint density at radius 2 is 1.82 bits per heavy atom. The molecule has 0 radical (unpaired) electrons. The number of alkyl halides is 3. The fourth-order valence-electron chi connectivity index (χ4n) is 4.07. The first-order valence-corrected chi connectivity index (χ1v) is 10.9. The Kier molecular flexibility index (Phi) is 6.23. The van der Waals surface area contributed by atoms with E-state index < -0.39 is 11.7 Å². The molecule has 2 heterocycles. The van der Waals surface area contributed by atoms with Crippen molar-refractivity contribution >= 4 is 5.91 Å². The molecule has 0 saturated carbocycles. The highest BCUT2D eigenvalue weighted by Crippen LogP contribution is 2.33. The lowest BCUT2D eigenvalue weighted by Crippen LogP contribution is -2.42. The Labute approximate surface area is 190 Å². The average Bonchev–Trinajstić information content (AvgIpc) is 3.26. The maximum absolute atomic E-state index is 13.3. The minimum absolute atomic E-state index is 0.0146. The number of benzene rings is 2. The highest BCUT2D eigenvalue weighted by Gasteiger charge is 2.33. The normalized spacial score (nSPS) is 15.9. The van der Waals surface area contributed by atoms with Crippen LogP contribution in [-0.4, -0.2) is 27.1 Å². The van der Waals surface area contributed by atoms with Gasteiger partial charge in [0.2, 0.25) is 0 Å². The third kappa shape index (κ3) is 4.77. The number of nitrogens with zero attached hydrogens (tertiary/aromatic N) is 4. The van der Waals surface area contributed by atoms with Gasteiger partial charge in [-0.05, 0) is 42.3 Å². The number of carbonyl (C=O) groups excluding carboxylic acids is 1. The van der Waals surface area contributed by atoms with Crippen molar-refractivity contribution in [3.05, 3.63) is 77.0 Å². The molecule has 8 heteroatoms. The fourth-order valence-corrected chi connectivity index (χ4v) is 4.07. The van der Waals surface area contributed by atoms with Crippen LogP contribution in [0.2, 0.25) is 0 Å². The van der Waals surface area contributed by atoms with E-state index >= 15 is 0 Å². The van der Waals surface area contributed by atoms with E-state index in [1.807, 2.05) is 12.1 Å². The lowest BCUT2D eigenvalue weighted by atomic mass is 10.0. The molecule has 2 aromatic carbocycles. The van der Waals surface area contributed by atoms with Gasteiger partial charge in [0.25, 0.3) is 5.91 Å². The van der Waals surface area contributed by atoms with E-state index in [9.17, 15) is 18.0 Å². The fraction of sp³-hybridized carbons (Fsp3) is 0.320. The molecule has 33 heavy (non-hydrogen) atoms. The summed E-state index contributed by atoms with van der Waals surface area (Å²) < 4.78 is 40.5. The third-order valence-electron chi connectivity index (χ3n) is 5.87. The number of hydrogen-bond donors (Lipinski definition) is 0. The summed E-state index contributed by atoms with van der Waals surface area (Å²) in [5, 5.41) is 13.6. The molecule has 0 aliphatic carbocycles. The number of amides is 1. The molecular weight excluding hydrogens is 429 g/mol. The molecule has 1 aliphatic rings. The Balaban J connectivity index is 1.63. The van der Waals surface area contributed by atoms with Crippen LogP contribution in [0.1, 0.15) is 59.4 Å². The molecule has 1 unspecified atom stereocenters. The minimum atomic E-state index is -4.40. The zero-order valence-corrected chi connectivity index (χ0v) is 18.1. The topological polar surface area (TPSA) is 61.9 Å². The molecule has 170 valence electrons. The van der Waals surface area contributed by atoms with Crippen molar-refractivity contribution in [1.82, 2.24) is 14.7 Å². The van der Waals surface area contributed by atoms with Crippen molar-refractivity contribution in [1.29, 1.82) is 5.26 Å². The van der Waals surface area contributed by atoms with Crippen LogP contribution in [0.25, 0.3) is 11.3 Å². The molecule has 1 amide bonds. The highest BCUT2D eigenvalue weighted by molar-refractivity contribution is 5.94. The van der Waals surface area contributed by atoms with Crippen LogP contribution in [0.4, 0.5) is 13.2 Å². The zero-order valence-electron chi connectivity index (χ0n) is 18.1. The van der Waals surface area contributed by atoms with E-state index in [2.05, 4.69) is 18.1 Å². The molecule has 4 rings (SSSR count). The van der Waals surface area contributed by atoms with E-state index in [1.165, 1.54) is 12.1 Å². The Bertz CT molecular complexity index is 1170. The van der Waals surface area contributed by atoms with Gasteiger partial charge in [0.15, 0.2) is 0 Å². The van der Waals surface area contributed by atoms with Gasteiger partial charge >= 0.3 is 6.18 Å². The van der Waals surface area contributed by atoms with Crippen LogP contribution >= 0.6 is 0 Å². The van der Waals surface area contributed by atoms with E-state index in [1.54, 1.807) is 27.8 Å². The van der Waals surface area contributed by atoms with Crippen LogP contribution in [0.3, 0.4) is 0 Å². The molecule has 1 aromatic heterocycles. The van der Waals surface area contributed by atoms with Gasteiger partial charge in [0.05, 0.1) is 28.9 Å². The number of hydrogen-bond acceptors (Lipinski definition) is 3. The zero-order chi connectivity index (χ0) is 23.6. The van der Waals surface area contributed by atoms with Crippen molar-refractivity contribution in [2.75, 3.05) is 6.54 Å². The number of fused-ring (bicyclic) bond motifs is 1. The molecule has 3 aromatic rings. The first kappa shape index (κ1) is 22.6. The third-order valence-corrected chi connectivity index (χ3v) is 5.87. The van der Waals surface area contributed by atoms with Crippen LogP contribution < -0.4 is 0 Å². The summed E-state index contributed by atoms with van der Waals surface area (Å²) in [6.45, 7) is 3.01. The summed E-state index contributed by atoms with van der Waals surface area (Å²) in [5.74, 6) is -0.169. The number of unbranched alkanes of at least 4 members (excludes halogenated alkanes) is 1. The maximum Gasteiger partial charge on any atom is 0.416 e. The van der Waals surface area contributed by atoms with Gasteiger partial charge in [-0.2, -0.15) is 23.5 Å². The summed E-state index contributed by atoms with van der Waals surface area (Å²) in [7, 11) is 0. The first-order valence-electron chi connectivity index (χ1n) is 10.9. The van der Waals surface area contributed by atoms with E-state index in [0.717, 1.165) is 37.0 Å². The quantitative estimate of drug-likeness (QED) is 0.473. The molecule has 0 N–H and O–H groups in total. The molecule has 0 saturated heterocycles. The largest absolute Gasteiger partial charge is 0.416 e. The van der Waals surface area contributed by atoms with E-state index in [-0.39, 0.29) is 11.9 Å². The second-order valence-electron chi connectivity index (χ2n) is 8.22. The predicted molar refractivity (Wildman–Crippen MR) is 117 cm³/mol. The first-order chi connectivity index (χ1) is 15.8. The smallest absolute Gasteiger partial charge is 0.331 e. The minimum Gasteiger partial charge on any atom is -0.331 e. The molecule has 5 nitrogen and oxygen atoms in total. The van der Waals surface area contributed by atoms with Gasteiger partial charge in [0, 0.05) is 18.7 Å². The van der Waals surface area contributed by atoms with Crippen molar-refractivity contribution < 1.29 is 18.0 Å². The predicted octanol–water partition coefficient (Wildman–Crippen LogP) is 5.83. The molecule has 0 bridgehead atoms.